The second-order valence-corrected chi connectivity index (χ2v) is 7.56. The number of ketones is 1. The Balaban J connectivity index is 1.37. The van der Waals surface area contributed by atoms with Crippen LogP contribution in [-0.4, -0.2) is 65.2 Å². The monoisotopic (exact) mass is 336 g/mol. The van der Waals surface area contributed by atoms with Crippen LogP contribution in [-0.2, 0) is 4.79 Å². The summed E-state index contributed by atoms with van der Waals surface area (Å²) in [6.45, 7) is 3.32. The summed E-state index contributed by atoms with van der Waals surface area (Å²) < 4.78 is 5.13. The molecule has 2 aliphatic rings. The first-order chi connectivity index (χ1) is 11.2. The Bertz CT molecular complexity index is 518. The van der Waals surface area contributed by atoms with Gasteiger partial charge in [0.1, 0.15) is 0 Å². The van der Waals surface area contributed by atoms with E-state index in [-0.39, 0.29) is 11.7 Å². The highest BCUT2D eigenvalue weighted by Crippen LogP contribution is 2.29. The molecule has 0 aromatic carbocycles. The minimum atomic E-state index is 0.00608. The lowest BCUT2D eigenvalue weighted by Crippen LogP contribution is -2.50. The molecule has 1 aliphatic heterocycles. The number of furan rings is 1. The van der Waals surface area contributed by atoms with E-state index in [0.29, 0.717) is 23.3 Å². The zero-order valence-corrected chi connectivity index (χ0v) is 14.2. The molecule has 6 heteroatoms. The molecular weight excluding hydrogens is 312 g/mol. The van der Waals surface area contributed by atoms with Gasteiger partial charge in [0, 0.05) is 31.4 Å². The average Bonchev–Trinajstić information content (AvgIpc) is 3.26. The number of hydrogen-bond acceptors (Lipinski definition) is 5. The molecule has 1 amide bonds. The third-order valence-electron chi connectivity index (χ3n) is 4.63. The predicted octanol–water partition coefficient (Wildman–Crippen LogP) is 2.28. The number of carbonyl (C=O) groups excluding carboxylic acids is 2. The summed E-state index contributed by atoms with van der Waals surface area (Å²) in [4.78, 5) is 28.3. The van der Waals surface area contributed by atoms with Gasteiger partial charge in [0.2, 0.25) is 11.7 Å². The van der Waals surface area contributed by atoms with Gasteiger partial charge in [0.05, 0.1) is 18.6 Å². The van der Waals surface area contributed by atoms with E-state index in [0.717, 1.165) is 26.2 Å². The molecule has 1 aromatic rings. The molecule has 2 fully saturated rings. The Hall–Kier alpha value is -1.27. The lowest BCUT2D eigenvalue weighted by atomic mass is 10.2. The van der Waals surface area contributed by atoms with Crippen LogP contribution in [0.15, 0.2) is 22.8 Å². The van der Waals surface area contributed by atoms with Crippen molar-refractivity contribution in [2.75, 3.05) is 38.5 Å². The number of hydrogen-bond donors (Lipinski definition) is 0. The molecule has 3 rings (SSSR count). The molecule has 1 saturated heterocycles. The smallest absolute Gasteiger partial charge is 0.232 e. The van der Waals surface area contributed by atoms with Gasteiger partial charge >= 0.3 is 0 Å². The number of carbonyl (C=O) groups is 2. The SMILES string of the molecule is O=C(CN1CCN(C(=O)CSC2CCCC2)CC1)c1ccco1. The highest BCUT2D eigenvalue weighted by Gasteiger charge is 2.24. The van der Waals surface area contributed by atoms with Crippen molar-refractivity contribution in [3.05, 3.63) is 24.2 Å². The van der Waals surface area contributed by atoms with Crippen molar-refractivity contribution in [3.8, 4) is 0 Å². The van der Waals surface area contributed by atoms with Crippen LogP contribution in [0, 0.1) is 0 Å². The minimum absolute atomic E-state index is 0.00608. The van der Waals surface area contributed by atoms with Crippen LogP contribution < -0.4 is 0 Å². The van der Waals surface area contributed by atoms with E-state index in [1.165, 1.54) is 31.9 Å². The molecule has 0 bridgehead atoms. The fourth-order valence-corrected chi connectivity index (χ4v) is 4.44. The van der Waals surface area contributed by atoms with Crippen LogP contribution in [0.4, 0.5) is 0 Å². The van der Waals surface area contributed by atoms with Gasteiger partial charge in [-0.05, 0) is 25.0 Å². The van der Waals surface area contributed by atoms with Gasteiger partial charge in [0.15, 0.2) is 5.76 Å². The van der Waals surface area contributed by atoms with Crippen LogP contribution in [0.1, 0.15) is 36.2 Å². The van der Waals surface area contributed by atoms with Crippen LogP contribution >= 0.6 is 11.8 Å². The first-order valence-electron chi connectivity index (χ1n) is 8.41. The number of nitrogens with zero attached hydrogens (tertiary/aromatic N) is 2. The summed E-state index contributed by atoms with van der Waals surface area (Å²) in [6, 6.07) is 3.42. The molecule has 1 aliphatic carbocycles. The quantitative estimate of drug-likeness (QED) is 0.746. The molecule has 2 heterocycles. The van der Waals surface area contributed by atoms with Gasteiger partial charge < -0.3 is 9.32 Å². The van der Waals surface area contributed by atoms with E-state index in [1.54, 1.807) is 12.1 Å². The number of piperazine rings is 1. The Morgan fingerprint density at radius 1 is 1.17 bits per heavy atom. The highest BCUT2D eigenvalue weighted by molar-refractivity contribution is 8.00. The van der Waals surface area contributed by atoms with Crippen LogP contribution in [0.2, 0.25) is 0 Å². The van der Waals surface area contributed by atoms with Crippen molar-refractivity contribution in [3.63, 3.8) is 0 Å². The second kappa shape index (κ2) is 8.02. The molecule has 0 N–H and O–H groups in total. The van der Waals surface area contributed by atoms with Gasteiger partial charge in [-0.25, -0.2) is 0 Å². The van der Waals surface area contributed by atoms with Crippen LogP contribution in [0.3, 0.4) is 0 Å². The standard InChI is InChI=1S/C17H24N2O3S/c20-15(16-6-3-11-22-16)12-18-7-9-19(10-8-18)17(21)13-23-14-4-1-2-5-14/h3,6,11,14H,1-2,4-5,7-10,12-13H2. The van der Waals surface area contributed by atoms with Crippen molar-refractivity contribution in [2.45, 2.75) is 30.9 Å². The van der Waals surface area contributed by atoms with Gasteiger partial charge in [-0.15, -0.1) is 11.8 Å². The van der Waals surface area contributed by atoms with Gasteiger partial charge in [0.25, 0.3) is 0 Å². The number of Topliss-reactive ketones (excluding diaryl/α,β-unsaturated/α-hetero) is 1. The van der Waals surface area contributed by atoms with E-state index in [9.17, 15) is 9.59 Å². The van der Waals surface area contributed by atoms with E-state index >= 15 is 0 Å². The maximum Gasteiger partial charge on any atom is 0.232 e. The Kier molecular flexibility index (Phi) is 5.78. The summed E-state index contributed by atoms with van der Waals surface area (Å²) in [5.74, 6) is 1.28. The maximum atomic E-state index is 12.3. The molecule has 23 heavy (non-hydrogen) atoms. The van der Waals surface area contributed by atoms with E-state index in [1.807, 2.05) is 16.7 Å². The molecule has 1 saturated carbocycles. The van der Waals surface area contributed by atoms with Crippen molar-refractivity contribution in [1.82, 2.24) is 9.80 Å². The summed E-state index contributed by atoms with van der Waals surface area (Å²) in [5, 5.41) is 0.686. The molecule has 126 valence electrons. The lowest BCUT2D eigenvalue weighted by molar-refractivity contribution is -0.129. The molecule has 5 nitrogen and oxygen atoms in total. The van der Waals surface area contributed by atoms with Gasteiger partial charge in [-0.1, -0.05) is 12.8 Å². The normalized spacial score (nSPS) is 20.1. The average molecular weight is 336 g/mol. The zero-order valence-electron chi connectivity index (χ0n) is 13.4. The summed E-state index contributed by atoms with van der Waals surface area (Å²) in [6.07, 6.45) is 6.68. The van der Waals surface area contributed by atoms with Crippen molar-refractivity contribution >= 4 is 23.5 Å². The topological polar surface area (TPSA) is 53.8 Å². The third kappa shape index (κ3) is 4.61. The second-order valence-electron chi connectivity index (χ2n) is 6.27. The largest absolute Gasteiger partial charge is 0.461 e. The Morgan fingerprint density at radius 2 is 1.91 bits per heavy atom. The molecule has 0 unspecified atom stereocenters. The first kappa shape index (κ1) is 16.6. The molecule has 0 spiro atoms. The summed E-state index contributed by atoms with van der Waals surface area (Å²) >= 11 is 1.82. The number of thioether (sulfide) groups is 1. The first-order valence-corrected chi connectivity index (χ1v) is 9.45. The minimum Gasteiger partial charge on any atom is -0.461 e. The maximum absolute atomic E-state index is 12.3. The predicted molar refractivity (Wildman–Crippen MR) is 90.8 cm³/mol. The number of rotatable bonds is 6. The van der Waals surface area contributed by atoms with Gasteiger partial charge in [-0.3, -0.25) is 14.5 Å². The van der Waals surface area contributed by atoms with Crippen molar-refractivity contribution in [1.29, 1.82) is 0 Å². The molecular formula is C17H24N2O3S. The van der Waals surface area contributed by atoms with E-state index in [2.05, 4.69) is 4.90 Å². The lowest BCUT2D eigenvalue weighted by Gasteiger charge is -2.34. The molecule has 0 atom stereocenters. The Labute approximate surface area is 141 Å². The zero-order chi connectivity index (χ0) is 16.1. The van der Waals surface area contributed by atoms with Crippen molar-refractivity contribution < 1.29 is 14.0 Å². The fraction of sp³-hybridized carbons (Fsp3) is 0.647. The summed E-state index contributed by atoms with van der Waals surface area (Å²) in [5.41, 5.74) is 0. The van der Waals surface area contributed by atoms with Gasteiger partial charge in [-0.2, -0.15) is 0 Å². The summed E-state index contributed by atoms with van der Waals surface area (Å²) in [7, 11) is 0. The highest BCUT2D eigenvalue weighted by atomic mass is 32.2. The Morgan fingerprint density at radius 3 is 2.57 bits per heavy atom. The van der Waals surface area contributed by atoms with E-state index < -0.39 is 0 Å². The van der Waals surface area contributed by atoms with Crippen LogP contribution in [0.25, 0.3) is 0 Å². The third-order valence-corrected chi connectivity index (χ3v) is 5.99. The van der Waals surface area contributed by atoms with Crippen LogP contribution in [0.5, 0.6) is 0 Å². The van der Waals surface area contributed by atoms with Crippen molar-refractivity contribution in [2.24, 2.45) is 0 Å². The molecule has 0 radical (unpaired) electrons. The molecule has 1 aromatic heterocycles. The van der Waals surface area contributed by atoms with E-state index in [4.69, 9.17) is 4.42 Å². The number of amides is 1. The fourth-order valence-electron chi connectivity index (χ4n) is 3.21.